The van der Waals surface area contributed by atoms with E-state index in [2.05, 4.69) is 0 Å². The van der Waals surface area contributed by atoms with Gasteiger partial charge in [0, 0.05) is 44.8 Å². The maximum atomic E-state index is 13.6. The third-order valence-electron chi connectivity index (χ3n) is 8.40. The molecule has 0 aliphatic rings. The van der Waals surface area contributed by atoms with Crippen molar-refractivity contribution in [2.75, 3.05) is 0 Å². The Balaban J connectivity index is 1.35. The average Bonchev–Trinajstić information content (AvgIpc) is 3.48. The molecule has 0 amide bonds. The molecule has 8 aromatic rings. The van der Waals surface area contributed by atoms with E-state index in [0.717, 1.165) is 22.0 Å². The van der Waals surface area contributed by atoms with Crippen LogP contribution in [-0.2, 0) is 10.1 Å². The highest BCUT2D eigenvalue weighted by Gasteiger charge is 2.49. The van der Waals surface area contributed by atoms with E-state index >= 15 is 0 Å². The van der Waals surface area contributed by atoms with Crippen LogP contribution in [0.3, 0.4) is 0 Å². The van der Waals surface area contributed by atoms with Crippen LogP contribution in [0.5, 0.6) is 5.75 Å². The first-order valence-electron chi connectivity index (χ1n) is 15.8. The zero-order valence-electron chi connectivity index (χ0n) is 26.5. The van der Waals surface area contributed by atoms with Crippen molar-refractivity contribution in [1.82, 2.24) is 19.5 Å². The van der Waals surface area contributed by atoms with Crippen molar-refractivity contribution >= 4 is 31.9 Å². The van der Waals surface area contributed by atoms with E-state index in [1.807, 2.05) is 114 Å². The molecule has 0 spiro atoms. The number of fused-ring (bicyclic) bond motifs is 3. The van der Waals surface area contributed by atoms with Crippen molar-refractivity contribution in [2.45, 2.75) is 5.51 Å². The number of para-hydroxylation sites is 1. The van der Waals surface area contributed by atoms with Crippen molar-refractivity contribution in [3.63, 3.8) is 0 Å². The van der Waals surface area contributed by atoms with E-state index in [-0.39, 0.29) is 5.56 Å². The summed E-state index contributed by atoms with van der Waals surface area (Å²) in [5.74, 6) is 0.936. The molecule has 7 nitrogen and oxygen atoms in total. The zero-order valence-corrected chi connectivity index (χ0v) is 27.3. The number of rotatable bonds is 7. The standard InChI is InChI=1S/C40H25F3N4O3S/c41-40(42,43)51(48,49)50-36-25-35-33(24-32(36)26-13-4-1-5-14-26)31-21-10-11-22-34(31)47(35)30-20-12-19-29(23-30)39-45-37(27-15-6-2-7-16-27)44-38(46-39)28-17-8-3-9-18-28/h1-25H. The van der Waals surface area contributed by atoms with E-state index in [9.17, 15) is 21.6 Å². The number of hydrogen-bond donors (Lipinski definition) is 0. The molecule has 0 saturated heterocycles. The molecule has 51 heavy (non-hydrogen) atoms. The van der Waals surface area contributed by atoms with Crippen LogP contribution in [0.4, 0.5) is 13.2 Å². The first kappa shape index (κ1) is 31.9. The lowest BCUT2D eigenvalue weighted by Crippen LogP contribution is -2.28. The van der Waals surface area contributed by atoms with E-state index in [4.69, 9.17) is 19.1 Å². The van der Waals surface area contributed by atoms with Crippen LogP contribution in [-0.4, -0.2) is 33.4 Å². The van der Waals surface area contributed by atoms with E-state index in [0.29, 0.717) is 45.2 Å². The van der Waals surface area contributed by atoms with Gasteiger partial charge in [-0.1, -0.05) is 121 Å². The minimum absolute atomic E-state index is 0.194. The Kier molecular flexibility index (Phi) is 7.84. The monoisotopic (exact) mass is 698 g/mol. The van der Waals surface area contributed by atoms with Gasteiger partial charge in [0.05, 0.1) is 11.0 Å². The summed E-state index contributed by atoms with van der Waals surface area (Å²) >= 11 is 0. The Morgan fingerprint density at radius 3 is 1.61 bits per heavy atom. The highest BCUT2D eigenvalue weighted by Crippen LogP contribution is 2.42. The molecule has 0 unspecified atom stereocenters. The average molecular weight is 699 g/mol. The number of aromatic nitrogens is 4. The number of hydrogen-bond acceptors (Lipinski definition) is 6. The van der Waals surface area contributed by atoms with Crippen molar-refractivity contribution in [2.24, 2.45) is 0 Å². The Labute approximate surface area is 290 Å². The Morgan fingerprint density at radius 2 is 1.02 bits per heavy atom. The maximum absolute atomic E-state index is 13.6. The maximum Gasteiger partial charge on any atom is 0.534 e. The molecule has 0 saturated carbocycles. The van der Waals surface area contributed by atoms with Gasteiger partial charge in [-0.05, 0) is 29.8 Å². The second kappa shape index (κ2) is 12.5. The fourth-order valence-electron chi connectivity index (χ4n) is 6.07. The van der Waals surface area contributed by atoms with Crippen LogP contribution in [0.2, 0.25) is 0 Å². The smallest absolute Gasteiger partial charge is 0.375 e. The quantitative estimate of drug-likeness (QED) is 0.122. The predicted molar refractivity (Wildman–Crippen MR) is 192 cm³/mol. The van der Waals surface area contributed by atoms with Crippen molar-refractivity contribution in [3.8, 4) is 56.7 Å². The lowest BCUT2D eigenvalue weighted by molar-refractivity contribution is -0.0499. The molecule has 11 heteroatoms. The number of nitrogens with zero attached hydrogens (tertiary/aromatic N) is 4. The third kappa shape index (κ3) is 5.97. The predicted octanol–water partition coefficient (Wildman–Crippen LogP) is 9.87. The fraction of sp³-hybridized carbons (Fsp3) is 0.0250. The van der Waals surface area contributed by atoms with Gasteiger partial charge in [-0.3, -0.25) is 0 Å². The van der Waals surface area contributed by atoms with Crippen molar-refractivity contribution in [3.05, 3.63) is 152 Å². The van der Waals surface area contributed by atoms with Gasteiger partial charge in [-0.2, -0.15) is 21.6 Å². The van der Waals surface area contributed by atoms with Crippen molar-refractivity contribution < 1.29 is 25.8 Å². The van der Waals surface area contributed by atoms with Crippen LogP contribution < -0.4 is 4.18 Å². The molecular weight excluding hydrogens is 674 g/mol. The van der Waals surface area contributed by atoms with Gasteiger partial charge in [-0.25, -0.2) is 15.0 Å². The zero-order chi connectivity index (χ0) is 35.2. The van der Waals surface area contributed by atoms with Gasteiger partial charge < -0.3 is 8.75 Å². The summed E-state index contributed by atoms with van der Waals surface area (Å²) in [4.78, 5) is 14.5. The molecule has 6 aromatic carbocycles. The molecule has 0 N–H and O–H groups in total. The minimum Gasteiger partial charge on any atom is -0.375 e. The topological polar surface area (TPSA) is 87.0 Å². The van der Waals surface area contributed by atoms with Gasteiger partial charge in [0.15, 0.2) is 23.2 Å². The molecule has 0 aliphatic carbocycles. The van der Waals surface area contributed by atoms with E-state index in [1.165, 1.54) is 6.07 Å². The molecule has 0 aliphatic heterocycles. The fourth-order valence-corrected chi connectivity index (χ4v) is 6.54. The molecule has 0 fully saturated rings. The molecule has 0 radical (unpaired) electrons. The largest absolute Gasteiger partial charge is 0.534 e. The minimum atomic E-state index is -5.99. The Bertz CT molecular complexity index is 2610. The lowest BCUT2D eigenvalue weighted by atomic mass is 10.0. The number of benzene rings is 6. The van der Waals surface area contributed by atoms with Crippen LogP contribution in [0.25, 0.3) is 72.8 Å². The summed E-state index contributed by atoms with van der Waals surface area (Å²) in [6.45, 7) is 0. The van der Waals surface area contributed by atoms with Crippen LogP contribution in [0, 0.1) is 0 Å². The Morgan fingerprint density at radius 1 is 0.510 bits per heavy atom. The van der Waals surface area contributed by atoms with Gasteiger partial charge >= 0.3 is 15.6 Å². The molecular formula is C40H25F3N4O3S. The molecule has 2 heterocycles. The highest BCUT2D eigenvalue weighted by atomic mass is 32.2. The third-order valence-corrected chi connectivity index (χ3v) is 9.37. The normalized spacial score (nSPS) is 12.0. The summed E-state index contributed by atoms with van der Waals surface area (Å²) < 4.78 is 72.3. The SMILES string of the molecule is O=S(=O)(Oc1cc2c(cc1-c1ccccc1)c1ccccc1n2-c1cccc(-c2nc(-c3ccccc3)nc(-c3ccccc3)n2)c1)C(F)(F)F. The van der Waals surface area contributed by atoms with E-state index in [1.54, 1.807) is 36.4 Å². The molecule has 0 bridgehead atoms. The van der Waals surface area contributed by atoms with Gasteiger partial charge in [-0.15, -0.1) is 0 Å². The summed E-state index contributed by atoms with van der Waals surface area (Å²) in [7, 11) is -5.99. The van der Waals surface area contributed by atoms with E-state index < -0.39 is 21.4 Å². The number of halogens is 3. The van der Waals surface area contributed by atoms with Gasteiger partial charge in [0.2, 0.25) is 0 Å². The van der Waals surface area contributed by atoms with Gasteiger partial charge in [0.1, 0.15) is 0 Å². The van der Waals surface area contributed by atoms with Crippen LogP contribution in [0.15, 0.2) is 152 Å². The second-order valence-electron chi connectivity index (χ2n) is 11.7. The lowest BCUT2D eigenvalue weighted by Gasteiger charge is -2.15. The molecule has 0 atom stereocenters. The van der Waals surface area contributed by atoms with Crippen LogP contribution in [0.1, 0.15) is 0 Å². The Hall–Kier alpha value is -6.33. The molecule has 250 valence electrons. The van der Waals surface area contributed by atoms with Crippen LogP contribution >= 0.6 is 0 Å². The second-order valence-corrected chi connectivity index (χ2v) is 13.2. The van der Waals surface area contributed by atoms with Gasteiger partial charge in [0.25, 0.3) is 0 Å². The summed E-state index contributed by atoms with van der Waals surface area (Å²) in [5.41, 5.74) is -0.843. The summed E-state index contributed by atoms with van der Waals surface area (Å²) in [5, 5.41) is 1.49. The molecule has 8 rings (SSSR count). The summed E-state index contributed by atoms with van der Waals surface area (Å²) in [6.07, 6.45) is 0. The highest BCUT2D eigenvalue weighted by molar-refractivity contribution is 7.88. The molecule has 2 aromatic heterocycles. The number of alkyl halides is 3. The van der Waals surface area contributed by atoms with Crippen molar-refractivity contribution in [1.29, 1.82) is 0 Å². The first-order valence-corrected chi connectivity index (χ1v) is 17.2. The first-order chi connectivity index (χ1) is 24.7. The summed E-state index contributed by atoms with van der Waals surface area (Å²) in [6, 6.07) is 45.6.